The summed E-state index contributed by atoms with van der Waals surface area (Å²) in [5.74, 6) is -3.06. The van der Waals surface area contributed by atoms with Gasteiger partial charge in [0.15, 0.2) is 0 Å². The normalized spacial score (nSPS) is 23.8. The van der Waals surface area contributed by atoms with Crippen LogP contribution in [0, 0.1) is 17.3 Å². The van der Waals surface area contributed by atoms with Gasteiger partial charge in [-0.25, -0.2) is 18.4 Å². The summed E-state index contributed by atoms with van der Waals surface area (Å²) < 4.78 is 44.9. The summed E-state index contributed by atoms with van der Waals surface area (Å²) in [6.45, 7) is 16.4. The first kappa shape index (κ1) is 38.9. The molecule has 2 heterocycles. The maximum Gasteiger partial charge on any atom is 0.307 e. The Hall–Kier alpha value is -4.27. The summed E-state index contributed by atoms with van der Waals surface area (Å²) >= 11 is 0. The Kier molecular flexibility index (Phi) is 10.7. The number of aromatic nitrogens is 2. The zero-order chi connectivity index (χ0) is 38.4. The van der Waals surface area contributed by atoms with E-state index in [1.807, 2.05) is 27.7 Å². The summed E-state index contributed by atoms with van der Waals surface area (Å²) in [6, 6.07) is 4.19. The van der Waals surface area contributed by atoms with Gasteiger partial charge in [0.25, 0.3) is 5.91 Å². The molecule has 1 aliphatic heterocycles. The predicted molar refractivity (Wildman–Crippen MR) is 193 cm³/mol. The second-order valence-electron chi connectivity index (χ2n) is 16.1. The van der Waals surface area contributed by atoms with Gasteiger partial charge >= 0.3 is 5.97 Å². The number of esters is 1. The van der Waals surface area contributed by atoms with E-state index in [4.69, 9.17) is 24.2 Å². The first-order valence-corrected chi connectivity index (χ1v) is 19.3. The number of nitrogens with zero attached hydrogens (tertiary/aromatic N) is 3. The molecule has 0 bridgehead atoms. The van der Waals surface area contributed by atoms with Gasteiger partial charge in [0, 0.05) is 18.4 Å². The fourth-order valence-corrected chi connectivity index (χ4v) is 7.94. The minimum absolute atomic E-state index is 0.0265. The lowest BCUT2D eigenvalue weighted by Crippen LogP contribution is -2.57. The number of nitrogens with one attached hydrogen (secondary N) is 2. The molecular weight excluding hydrogens is 691 g/mol. The summed E-state index contributed by atoms with van der Waals surface area (Å²) in [5, 5.41) is 2.16. The Morgan fingerprint density at radius 2 is 1.79 bits per heavy atom. The summed E-state index contributed by atoms with van der Waals surface area (Å²) in [6.07, 6.45) is 2.14. The number of ether oxygens (including phenoxy) is 3. The second kappa shape index (κ2) is 14.3. The number of aryl methyl sites for hydroxylation is 1. The molecule has 3 fully saturated rings. The average molecular weight is 742 g/mol. The van der Waals surface area contributed by atoms with E-state index in [1.54, 1.807) is 46.1 Å². The van der Waals surface area contributed by atoms with Crippen molar-refractivity contribution in [2.45, 2.75) is 116 Å². The van der Waals surface area contributed by atoms with Crippen LogP contribution in [0.5, 0.6) is 11.6 Å². The molecule has 284 valence electrons. The number of benzene rings is 1. The van der Waals surface area contributed by atoms with Crippen molar-refractivity contribution in [2.75, 3.05) is 13.7 Å². The van der Waals surface area contributed by atoms with Crippen LogP contribution in [-0.4, -0.2) is 89.2 Å². The standard InChI is InChI=1S/C37H51N5O9S/c1-10-21-19-37(21,34(46)41-52(47,48)24-13-14-24)40-31(44)29-17-23(50-32-26(11-2)38-27-15-12-22(49-9)16-28(27)39-32)20-42(29)33(45)25(35(3,4)5)18-30(43)51-36(6,7)8/h10,12,15-16,21,23-25,29H,1,11,13-14,17-20H2,2-9H3,(H,40,44)(H,41,46)/t21-,23-,25-,29+,37-/m1/s1. The predicted octanol–water partition coefficient (Wildman–Crippen LogP) is 3.61. The molecule has 14 nitrogen and oxygen atoms in total. The molecule has 5 atom stereocenters. The zero-order valence-corrected chi connectivity index (χ0v) is 32.1. The lowest BCUT2D eigenvalue weighted by Gasteiger charge is -2.35. The van der Waals surface area contributed by atoms with Crippen LogP contribution >= 0.6 is 0 Å². The van der Waals surface area contributed by atoms with E-state index in [1.165, 1.54) is 11.0 Å². The molecule has 0 unspecified atom stereocenters. The van der Waals surface area contributed by atoms with Crippen LogP contribution in [0.2, 0.25) is 0 Å². The second-order valence-corrected chi connectivity index (χ2v) is 18.0. The van der Waals surface area contributed by atoms with Crippen LogP contribution in [0.25, 0.3) is 11.0 Å². The molecule has 2 N–H and O–H groups in total. The van der Waals surface area contributed by atoms with E-state index in [0.29, 0.717) is 41.7 Å². The summed E-state index contributed by atoms with van der Waals surface area (Å²) in [7, 11) is -2.35. The zero-order valence-electron chi connectivity index (χ0n) is 31.3. The van der Waals surface area contributed by atoms with Crippen molar-refractivity contribution in [1.82, 2.24) is 24.9 Å². The van der Waals surface area contributed by atoms with E-state index in [0.717, 1.165) is 0 Å². The van der Waals surface area contributed by atoms with Crippen molar-refractivity contribution in [1.29, 1.82) is 0 Å². The number of fused-ring (bicyclic) bond motifs is 1. The number of carbonyl (C=O) groups is 4. The number of sulfonamides is 1. The average Bonchev–Trinajstić information content (AvgIpc) is 3.98. The number of hydrogen-bond donors (Lipinski definition) is 2. The number of carbonyl (C=O) groups excluding carboxylic acids is 4. The number of amides is 3. The smallest absolute Gasteiger partial charge is 0.307 e. The van der Waals surface area contributed by atoms with Crippen LogP contribution in [-0.2, 0) is 40.4 Å². The van der Waals surface area contributed by atoms with Crippen LogP contribution in [0.4, 0.5) is 0 Å². The fourth-order valence-electron chi connectivity index (χ4n) is 6.57. The SMILES string of the molecule is C=C[C@@H]1C[C@]1(NC(=O)[C@@H]1C[C@@H](Oc2nc3cc(OC)ccc3nc2CC)CN1C(=O)[C@@H](CC(=O)OC(C)(C)C)C(C)(C)C)C(=O)NS(=O)(=O)C1CC1. The van der Waals surface area contributed by atoms with Gasteiger partial charge < -0.3 is 24.4 Å². The van der Waals surface area contributed by atoms with E-state index < -0.39 is 79.5 Å². The van der Waals surface area contributed by atoms with E-state index in [-0.39, 0.29) is 31.7 Å². The molecule has 3 amide bonds. The van der Waals surface area contributed by atoms with Crippen molar-refractivity contribution in [3.63, 3.8) is 0 Å². The molecule has 2 saturated carbocycles. The van der Waals surface area contributed by atoms with Gasteiger partial charge in [-0.1, -0.05) is 33.8 Å². The third kappa shape index (κ3) is 8.50. The summed E-state index contributed by atoms with van der Waals surface area (Å²) in [5.41, 5.74) is -1.26. The Morgan fingerprint density at radius 3 is 2.35 bits per heavy atom. The fraction of sp³-hybridized carbons (Fsp3) is 0.622. The minimum Gasteiger partial charge on any atom is -0.497 e. The van der Waals surface area contributed by atoms with Crippen molar-refractivity contribution in [3.8, 4) is 11.6 Å². The first-order chi connectivity index (χ1) is 24.2. The van der Waals surface area contributed by atoms with Gasteiger partial charge in [0.2, 0.25) is 27.7 Å². The van der Waals surface area contributed by atoms with Crippen LogP contribution in [0.15, 0.2) is 30.9 Å². The van der Waals surface area contributed by atoms with Gasteiger partial charge in [-0.3, -0.25) is 23.9 Å². The number of methoxy groups -OCH3 is 1. The van der Waals surface area contributed by atoms with E-state index >= 15 is 0 Å². The summed E-state index contributed by atoms with van der Waals surface area (Å²) in [4.78, 5) is 66.2. The van der Waals surface area contributed by atoms with Crippen molar-refractivity contribution in [2.24, 2.45) is 17.3 Å². The monoisotopic (exact) mass is 741 g/mol. The largest absolute Gasteiger partial charge is 0.497 e. The molecule has 3 aliphatic rings. The highest BCUT2D eigenvalue weighted by Gasteiger charge is 2.62. The number of likely N-dealkylation sites (tertiary alicyclic amines) is 1. The van der Waals surface area contributed by atoms with Crippen molar-refractivity contribution < 1.29 is 41.8 Å². The Labute approximate surface area is 305 Å². The quantitative estimate of drug-likeness (QED) is 0.226. The maximum absolute atomic E-state index is 14.5. The lowest BCUT2D eigenvalue weighted by atomic mass is 9.77. The van der Waals surface area contributed by atoms with Gasteiger partial charge in [-0.05, 0) is 64.0 Å². The third-order valence-electron chi connectivity index (χ3n) is 9.75. The Morgan fingerprint density at radius 1 is 1.10 bits per heavy atom. The third-order valence-corrected chi connectivity index (χ3v) is 11.6. The molecular formula is C37H51N5O9S. The van der Waals surface area contributed by atoms with Crippen LogP contribution in [0.1, 0.15) is 86.3 Å². The van der Waals surface area contributed by atoms with Crippen molar-refractivity contribution in [3.05, 3.63) is 36.5 Å². The molecule has 2 aliphatic carbocycles. The van der Waals surface area contributed by atoms with E-state index in [2.05, 4.69) is 16.6 Å². The van der Waals surface area contributed by atoms with E-state index in [9.17, 15) is 27.6 Å². The van der Waals surface area contributed by atoms with Crippen LogP contribution in [0.3, 0.4) is 0 Å². The highest BCUT2D eigenvalue weighted by Crippen LogP contribution is 2.46. The van der Waals surface area contributed by atoms with Gasteiger partial charge in [0.05, 0.1) is 42.3 Å². The number of hydrogen-bond acceptors (Lipinski definition) is 11. The highest BCUT2D eigenvalue weighted by atomic mass is 32.2. The van der Waals surface area contributed by atoms with Gasteiger partial charge in [0.1, 0.15) is 34.7 Å². The molecule has 0 radical (unpaired) electrons. The molecule has 0 spiro atoms. The Bertz CT molecular complexity index is 1860. The lowest BCUT2D eigenvalue weighted by molar-refractivity contribution is -0.161. The molecule has 1 aromatic carbocycles. The first-order valence-electron chi connectivity index (χ1n) is 17.8. The highest BCUT2D eigenvalue weighted by molar-refractivity contribution is 7.91. The maximum atomic E-state index is 14.5. The molecule has 1 saturated heterocycles. The molecule has 52 heavy (non-hydrogen) atoms. The molecule has 5 rings (SSSR count). The minimum atomic E-state index is -3.90. The molecule has 2 aromatic rings. The van der Waals surface area contributed by atoms with Crippen LogP contribution < -0.4 is 19.5 Å². The van der Waals surface area contributed by atoms with Gasteiger partial charge in [-0.2, -0.15) is 0 Å². The number of rotatable bonds is 13. The van der Waals surface area contributed by atoms with Crippen molar-refractivity contribution >= 4 is 44.7 Å². The topological polar surface area (TPSA) is 183 Å². The molecule has 15 heteroatoms. The van der Waals surface area contributed by atoms with Gasteiger partial charge in [-0.15, -0.1) is 6.58 Å². The molecule has 1 aromatic heterocycles. The Balaban J connectivity index is 1.46.